The smallest absolute Gasteiger partial charge is 0.316 e. The number of fused-ring (bicyclic) bond motifs is 1. The molecule has 1 N–H and O–H groups in total. The highest BCUT2D eigenvalue weighted by molar-refractivity contribution is 5.77. The average molecular weight is 411 g/mol. The highest BCUT2D eigenvalue weighted by atomic mass is 24.3. The van der Waals surface area contributed by atoms with E-state index in [2.05, 4.69) is 16.3 Å². The second-order valence-corrected chi connectivity index (χ2v) is 6.48. The van der Waals surface area contributed by atoms with Crippen LogP contribution in [0.5, 0.6) is 17.2 Å². The molecule has 0 saturated heterocycles. The zero-order valence-corrected chi connectivity index (χ0v) is 16.6. The molecule has 2 aromatic carbocycles. The van der Waals surface area contributed by atoms with Gasteiger partial charge in [-0.2, -0.15) is 0 Å². The van der Waals surface area contributed by atoms with Gasteiger partial charge in [-0.25, -0.2) is 0 Å². The number of rotatable bonds is 9. The minimum atomic E-state index is -0.278. The number of hydrogen-bond acceptors (Lipinski definition) is 6. The van der Waals surface area contributed by atoms with Crippen molar-refractivity contribution in [3.8, 4) is 17.2 Å². The third-order valence-electron chi connectivity index (χ3n) is 4.53. The van der Waals surface area contributed by atoms with Crippen molar-refractivity contribution in [2.24, 2.45) is 0 Å². The summed E-state index contributed by atoms with van der Waals surface area (Å²) in [6.45, 7) is 7.46. The highest BCUT2D eigenvalue weighted by Crippen LogP contribution is 2.36. The fourth-order valence-corrected chi connectivity index (χ4v) is 3.17. The van der Waals surface area contributed by atoms with Crippen molar-refractivity contribution in [3.05, 3.63) is 42.5 Å². The number of carbonyl (C=O) groups excluding carboxylic acids is 1. The van der Waals surface area contributed by atoms with E-state index in [1.807, 2.05) is 43.3 Å². The summed E-state index contributed by atoms with van der Waals surface area (Å²) in [5.74, 6) is 1.71. The number of carbonyl (C=O) groups is 1. The molecule has 29 heavy (non-hydrogen) atoms. The molecule has 0 fully saturated rings. The maximum atomic E-state index is 11.8. The molecule has 0 atom stereocenters. The quantitative estimate of drug-likeness (QED) is 0.296. The minimum Gasteiger partial charge on any atom is -0.490 e. The zero-order chi connectivity index (χ0) is 19.8. The third kappa shape index (κ3) is 6.18. The van der Waals surface area contributed by atoms with Gasteiger partial charge >= 0.3 is 29.0 Å². The number of anilines is 2. The number of hydrogen-bond donors (Lipinski definition) is 1. The number of para-hydroxylation sites is 3. The monoisotopic (exact) mass is 410 g/mol. The Bertz CT molecular complexity index is 800. The molecule has 0 aromatic heterocycles. The number of ether oxygens (including phenoxy) is 3. The summed E-state index contributed by atoms with van der Waals surface area (Å²) in [4.78, 5) is 14.2. The maximum Gasteiger partial charge on any atom is 0.316 e. The van der Waals surface area contributed by atoms with Crippen molar-refractivity contribution in [2.45, 2.75) is 26.7 Å². The topological polar surface area (TPSA) is 60.0 Å². The summed E-state index contributed by atoms with van der Waals surface area (Å²) >= 11 is 0. The second kappa shape index (κ2) is 11.8. The Kier molecular flexibility index (Phi) is 9.40. The lowest BCUT2D eigenvalue weighted by molar-refractivity contribution is -0.134. The molecular formula is C22H30MgN2O4. The predicted molar refractivity (Wildman–Crippen MR) is 119 cm³/mol. The molecule has 0 saturated carbocycles. The molecule has 6 nitrogen and oxygen atoms in total. The number of benzene rings is 2. The van der Waals surface area contributed by atoms with Crippen LogP contribution in [0, 0.1) is 0 Å². The van der Waals surface area contributed by atoms with Crippen LogP contribution in [0.3, 0.4) is 0 Å². The van der Waals surface area contributed by atoms with Crippen LogP contribution in [0.4, 0.5) is 11.4 Å². The first-order valence-corrected chi connectivity index (χ1v) is 9.90. The summed E-state index contributed by atoms with van der Waals surface area (Å²) in [6, 6.07) is 13.8. The van der Waals surface area contributed by atoms with Crippen LogP contribution in [0.1, 0.15) is 26.7 Å². The predicted octanol–water partition coefficient (Wildman–Crippen LogP) is 3.19. The Balaban J connectivity index is 0.00000300. The average Bonchev–Trinajstić information content (AvgIpc) is 2.73. The van der Waals surface area contributed by atoms with Gasteiger partial charge in [0.2, 0.25) is 0 Å². The number of esters is 1. The summed E-state index contributed by atoms with van der Waals surface area (Å²) < 4.78 is 16.9. The molecule has 1 heterocycles. The van der Waals surface area contributed by atoms with Crippen LogP contribution in [0.25, 0.3) is 0 Å². The molecule has 1 aliphatic heterocycles. The molecule has 0 spiro atoms. The first-order valence-electron chi connectivity index (χ1n) is 9.90. The first kappa shape index (κ1) is 23.2. The van der Waals surface area contributed by atoms with Gasteiger partial charge in [0.15, 0.2) is 11.5 Å². The van der Waals surface area contributed by atoms with E-state index in [4.69, 9.17) is 14.2 Å². The standard InChI is InChI=1S/C22H28N2O4.Mg.2H/c1-3-21(25)28-22-17(9-7-12-20(22)26-4-2)23-13-8-14-24-15-16-27-19-11-6-5-10-18(19)24;;;/h5-7,9-12,23H,3-4,8,13-16H2,1-2H3;;;. The van der Waals surface area contributed by atoms with Crippen molar-refractivity contribution in [1.29, 1.82) is 0 Å². The molecule has 154 valence electrons. The lowest BCUT2D eigenvalue weighted by Crippen LogP contribution is -2.34. The summed E-state index contributed by atoms with van der Waals surface area (Å²) in [5.41, 5.74) is 1.92. The van der Waals surface area contributed by atoms with E-state index in [1.165, 1.54) is 0 Å². The molecule has 0 amide bonds. The molecule has 0 bridgehead atoms. The van der Waals surface area contributed by atoms with Gasteiger partial charge in [0.1, 0.15) is 12.4 Å². The molecule has 0 unspecified atom stereocenters. The van der Waals surface area contributed by atoms with Crippen LogP contribution in [-0.4, -0.2) is 61.9 Å². The summed E-state index contributed by atoms with van der Waals surface area (Å²) in [6.07, 6.45) is 1.25. The van der Waals surface area contributed by atoms with Gasteiger partial charge in [0.05, 0.1) is 24.5 Å². The Labute approximate surface area is 188 Å². The van der Waals surface area contributed by atoms with Crippen molar-refractivity contribution < 1.29 is 19.0 Å². The largest absolute Gasteiger partial charge is 0.490 e. The molecule has 7 heteroatoms. The zero-order valence-electron chi connectivity index (χ0n) is 16.6. The van der Waals surface area contributed by atoms with E-state index in [1.54, 1.807) is 6.92 Å². The fraction of sp³-hybridized carbons (Fsp3) is 0.409. The lowest BCUT2D eigenvalue weighted by atomic mass is 10.2. The van der Waals surface area contributed by atoms with Gasteiger partial charge in [-0.1, -0.05) is 25.1 Å². The van der Waals surface area contributed by atoms with E-state index >= 15 is 0 Å². The van der Waals surface area contributed by atoms with Gasteiger partial charge in [-0.05, 0) is 37.6 Å². The molecule has 1 aliphatic rings. The van der Waals surface area contributed by atoms with Crippen LogP contribution in [0.15, 0.2) is 42.5 Å². The minimum absolute atomic E-state index is 0. The highest BCUT2D eigenvalue weighted by Gasteiger charge is 2.17. The molecule has 3 rings (SSSR count). The summed E-state index contributed by atoms with van der Waals surface area (Å²) in [7, 11) is 0. The SMILES string of the molecule is CCOc1cccc(NCCCN2CCOc3ccccc32)c1OC(=O)CC.[MgH2]. The van der Waals surface area contributed by atoms with Crippen molar-refractivity contribution >= 4 is 40.4 Å². The molecule has 2 aromatic rings. The summed E-state index contributed by atoms with van der Waals surface area (Å²) in [5, 5.41) is 3.39. The normalized spacial score (nSPS) is 12.3. The maximum absolute atomic E-state index is 11.8. The van der Waals surface area contributed by atoms with Crippen LogP contribution < -0.4 is 24.4 Å². The van der Waals surface area contributed by atoms with Gasteiger partial charge in [0.25, 0.3) is 0 Å². The molecular weight excluding hydrogens is 381 g/mol. The van der Waals surface area contributed by atoms with Gasteiger partial charge < -0.3 is 24.4 Å². The van der Waals surface area contributed by atoms with E-state index in [0.29, 0.717) is 31.1 Å². The molecule has 0 radical (unpaired) electrons. The fourth-order valence-electron chi connectivity index (χ4n) is 3.17. The number of nitrogens with one attached hydrogen (secondary N) is 1. The third-order valence-corrected chi connectivity index (χ3v) is 4.53. The Morgan fingerprint density at radius 2 is 2.00 bits per heavy atom. The van der Waals surface area contributed by atoms with Gasteiger partial charge in [0, 0.05) is 19.5 Å². The van der Waals surface area contributed by atoms with E-state index < -0.39 is 0 Å². The van der Waals surface area contributed by atoms with Crippen LogP contribution >= 0.6 is 0 Å². The van der Waals surface area contributed by atoms with Crippen LogP contribution in [-0.2, 0) is 4.79 Å². The first-order chi connectivity index (χ1) is 13.7. The molecule has 0 aliphatic carbocycles. The van der Waals surface area contributed by atoms with Crippen molar-refractivity contribution in [3.63, 3.8) is 0 Å². The number of nitrogens with zero attached hydrogens (tertiary/aromatic N) is 1. The van der Waals surface area contributed by atoms with E-state index in [0.717, 1.165) is 43.2 Å². The van der Waals surface area contributed by atoms with E-state index in [-0.39, 0.29) is 29.0 Å². The van der Waals surface area contributed by atoms with Crippen LogP contribution in [0.2, 0.25) is 0 Å². The lowest BCUT2D eigenvalue weighted by Gasteiger charge is -2.31. The van der Waals surface area contributed by atoms with Crippen molar-refractivity contribution in [2.75, 3.05) is 43.1 Å². The second-order valence-electron chi connectivity index (χ2n) is 6.48. The van der Waals surface area contributed by atoms with Gasteiger partial charge in [-0.15, -0.1) is 0 Å². The Morgan fingerprint density at radius 3 is 2.79 bits per heavy atom. The van der Waals surface area contributed by atoms with Crippen molar-refractivity contribution in [1.82, 2.24) is 0 Å². The Hall–Kier alpha value is -2.12. The van der Waals surface area contributed by atoms with E-state index in [9.17, 15) is 4.79 Å². The van der Waals surface area contributed by atoms with Gasteiger partial charge in [-0.3, -0.25) is 4.79 Å². The Morgan fingerprint density at radius 1 is 1.17 bits per heavy atom.